The number of hydrogen-bond acceptors (Lipinski definition) is 4. The largest absolute Gasteiger partial charge is 0.462 e. The van der Waals surface area contributed by atoms with Gasteiger partial charge in [0.2, 0.25) is 0 Å². The number of carbonyl (C=O) groups excluding carboxylic acids is 1. The molecule has 0 aliphatic rings. The molecule has 0 atom stereocenters. The number of nitro benzene ring substituents is 1. The van der Waals surface area contributed by atoms with E-state index in [2.05, 4.69) is 15.9 Å². The average Bonchev–Trinajstić information content (AvgIpc) is 2.21. The van der Waals surface area contributed by atoms with Crippen LogP contribution in [0.2, 0.25) is 5.02 Å². The first-order valence-electron chi connectivity index (χ1n) is 4.28. The molecule has 0 aliphatic heterocycles. The summed E-state index contributed by atoms with van der Waals surface area (Å²) >= 11 is 8.91. The van der Waals surface area contributed by atoms with Crippen molar-refractivity contribution in [2.45, 2.75) is 6.92 Å². The summed E-state index contributed by atoms with van der Waals surface area (Å²) in [5.41, 5.74) is -0.602. The molecule has 1 aromatic rings. The number of rotatable bonds is 3. The molecular weight excluding hydrogens is 301 g/mol. The van der Waals surface area contributed by atoms with Crippen LogP contribution in [0.25, 0.3) is 0 Å². The highest BCUT2D eigenvalue weighted by atomic mass is 79.9. The Morgan fingerprint density at radius 1 is 1.62 bits per heavy atom. The normalized spacial score (nSPS) is 9.94. The molecule has 5 nitrogen and oxygen atoms in total. The third kappa shape index (κ3) is 2.51. The molecular formula is C9H7BrClNO4. The van der Waals surface area contributed by atoms with Gasteiger partial charge < -0.3 is 4.74 Å². The van der Waals surface area contributed by atoms with E-state index in [-0.39, 0.29) is 22.9 Å². The minimum absolute atomic E-state index is 0.0207. The van der Waals surface area contributed by atoms with E-state index in [1.807, 2.05) is 0 Å². The van der Waals surface area contributed by atoms with Gasteiger partial charge in [-0.2, -0.15) is 0 Å². The van der Waals surface area contributed by atoms with Gasteiger partial charge in [-0.15, -0.1) is 0 Å². The molecule has 0 unspecified atom stereocenters. The number of nitro groups is 1. The van der Waals surface area contributed by atoms with Crippen LogP contribution in [0.5, 0.6) is 0 Å². The van der Waals surface area contributed by atoms with E-state index in [0.717, 1.165) is 0 Å². The third-order valence-corrected chi connectivity index (χ3v) is 3.03. The Morgan fingerprint density at radius 2 is 2.25 bits per heavy atom. The topological polar surface area (TPSA) is 69.4 Å². The number of benzene rings is 1. The zero-order valence-corrected chi connectivity index (χ0v) is 10.5. The third-order valence-electron chi connectivity index (χ3n) is 1.75. The summed E-state index contributed by atoms with van der Waals surface area (Å²) in [7, 11) is 0. The molecule has 0 saturated heterocycles. The van der Waals surface area contributed by atoms with Gasteiger partial charge in [-0.25, -0.2) is 4.79 Å². The van der Waals surface area contributed by atoms with Gasteiger partial charge in [-0.1, -0.05) is 11.6 Å². The fourth-order valence-electron chi connectivity index (χ4n) is 1.09. The van der Waals surface area contributed by atoms with Crippen LogP contribution in [0.3, 0.4) is 0 Å². The number of hydrogen-bond donors (Lipinski definition) is 0. The second kappa shape index (κ2) is 5.27. The summed E-state index contributed by atoms with van der Waals surface area (Å²) < 4.78 is 5.11. The number of halogens is 2. The van der Waals surface area contributed by atoms with Crippen LogP contribution in [0, 0.1) is 10.1 Å². The van der Waals surface area contributed by atoms with Gasteiger partial charge in [0.1, 0.15) is 0 Å². The maximum atomic E-state index is 11.5. The quantitative estimate of drug-likeness (QED) is 0.488. The van der Waals surface area contributed by atoms with Gasteiger partial charge in [-0.05, 0) is 28.9 Å². The molecule has 0 aliphatic carbocycles. The molecule has 0 radical (unpaired) electrons. The first-order valence-corrected chi connectivity index (χ1v) is 5.45. The van der Waals surface area contributed by atoms with Crippen molar-refractivity contribution in [1.29, 1.82) is 0 Å². The van der Waals surface area contributed by atoms with Gasteiger partial charge in [0, 0.05) is 10.5 Å². The van der Waals surface area contributed by atoms with Crippen molar-refractivity contribution in [3.8, 4) is 0 Å². The molecule has 0 heterocycles. The lowest BCUT2D eigenvalue weighted by Crippen LogP contribution is -2.09. The fraction of sp³-hybridized carbons (Fsp3) is 0.222. The van der Waals surface area contributed by atoms with Gasteiger partial charge in [0.05, 0.1) is 16.6 Å². The van der Waals surface area contributed by atoms with Crippen LogP contribution in [-0.4, -0.2) is 17.5 Å². The van der Waals surface area contributed by atoms with Crippen molar-refractivity contribution in [1.82, 2.24) is 0 Å². The summed E-state index contributed by atoms with van der Waals surface area (Å²) in [5, 5.41) is 10.7. The van der Waals surface area contributed by atoms with E-state index in [0.29, 0.717) is 4.47 Å². The molecule has 0 bridgehead atoms. The summed E-state index contributed by atoms with van der Waals surface area (Å²) in [6.07, 6.45) is 0. The molecule has 16 heavy (non-hydrogen) atoms. The van der Waals surface area contributed by atoms with Crippen LogP contribution in [0.15, 0.2) is 16.6 Å². The molecule has 0 fully saturated rings. The summed E-state index contributed by atoms with van der Waals surface area (Å²) in [4.78, 5) is 21.6. The lowest BCUT2D eigenvalue weighted by molar-refractivity contribution is -0.385. The molecule has 0 amide bonds. The van der Waals surface area contributed by atoms with Crippen molar-refractivity contribution < 1.29 is 14.5 Å². The molecule has 0 spiro atoms. The predicted octanol–water partition coefficient (Wildman–Crippen LogP) is 3.19. The predicted molar refractivity (Wildman–Crippen MR) is 61.8 cm³/mol. The van der Waals surface area contributed by atoms with Crippen LogP contribution < -0.4 is 0 Å². The SMILES string of the molecule is CCOC(=O)c1c([N+](=O)[O-])ccc(Br)c1Cl. The highest BCUT2D eigenvalue weighted by Crippen LogP contribution is 2.33. The Kier molecular flexibility index (Phi) is 4.26. The molecule has 0 N–H and O–H groups in total. The Bertz CT molecular complexity index is 449. The van der Waals surface area contributed by atoms with E-state index in [4.69, 9.17) is 16.3 Å². The lowest BCUT2D eigenvalue weighted by atomic mass is 10.2. The van der Waals surface area contributed by atoms with Crippen LogP contribution >= 0.6 is 27.5 Å². The van der Waals surface area contributed by atoms with Gasteiger partial charge in [-0.3, -0.25) is 10.1 Å². The minimum Gasteiger partial charge on any atom is -0.462 e. The Hall–Kier alpha value is -1.14. The van der Waals surface area contributed by atoms with Crippen molar-refractivity contribution >= 4 is 39.2 Å². The summed E-state index contributed by atoms with van der Waals surface area (Å²) in [6, 6.07) is 2.60. The van der Waals surface area contributed by atoms with Crippen LogP contribution in [-0.2, 0) is 4.74 Å². The van der Waals surface area contributed by atoms with Gasteiger partial charge in [0.15, 0.2) is 5.56 Å². The Morgan fingerprint density at radius 3 is 2.75 bits per heavy atom. The van der Waals surface area contributed by atoms with Crippen molar-refractivity contribution in [3.63, 3.8) is 0 Å². The summed E-state index contributed by atoms with van der Waals surface area (Å²) in [6.45, 7) is 1.73. The fourth-order valence-corrected chi connectivity index (χ4v) is 1.66. The average molecular weight is 309 g/mol. The zero-order chi connectivity index (χ0) is 12.3. The molecule has 7 heteroatoms. The lowest BCUT2D eigenvalue weighted by Gasteiger charge is -2.06. The Balaban J connectivity index is 3.37. The monoisotopic (exact) mass is 307 g/mol. The van der Waals surface area contributed by atoms with E-state index >= 15 is 0 Å². The standard InChI is InChI=1S/C9H7BrClNO4/c1-2-16-9(13)7-6(12(14)15)4-3-5(10)8(7)11/h3-4H,2H2,1H3. The second-order valence-electron chi connectivity index (χ2n) is 2.73. The first kappa shape index (κ1) is 12.9. The smallest absolute Gasteiger partial charge is 0.346 e. The van der Waals surface area contributed by atoms with Crippen molar-refractivity contribution in [3.05, 3.63) is 37.3 Å². The van der Waals surface area contributed by atoms with Crippen LogP contribution in [0.4, 0.5) is 5.69 Å². The van der Waals surface area contributed by atoms with E-state index < -0.39 is 10.9 Å². The highest BCUT2D eigenvalue weighted by Gasteiger charge is 2.26. The van der Waals surface area contributed by atoms with E-state index in [9.17, 15) is 14.9 Å². The number of ether oxygens (including phenoxy) is 1. The molecule has 86 valence electrons. The molecule has 0 saturated carbocycles. The van der Waals surface area contributed by atoms with Gasteiger partial charge >= 0.3 is 5.97 Å². The van der Waals surface area contributed by atoms with Crippen molar-refractivity contribution in [2.24, 2.45) is 0 Å². The molecule has 1 rings (SSSR count). The zero-order valence-electron chi connectivity index (χ0n) is 8.20. The highest BCUT2D eigenvalue weighted by molar-refractivity contribution is 9.10. The number of nitrogens with zero attached hydrogens (tertiary/aromatic N) is 1. The molecule has 0 aromatic heterocycles. The van der Waals surface area contributed by atoms with Gasteiger partial charge in [0.25, 0.3) is 5.69 Å². The Labute approximate surface area is 105 Å². The summed E-state index contributed by atoms with van der Waals surface area (Å²) in [5.74, 6) is -0.805. The first-order chi connectivity index (χ1) is 7.49. The van der Waals surface area contributed by atoms with Crippen LogP contribution in [0.1, 0.15) is 17.3 Å². The number of carbonyl (C=O) groups is 1. The van der Waals surface area contributed by atoms with E-state index in [1.54, 1.807) is 6.92 Å². The maximum Gasteiger partial charge on any atom is 0.346 e. The van der Waals surface area contributed by atoms with E-state index in [1.165, 1.54) is 12.1 Å². The van der Waals surface area contributed by atoms with Crippen molar-refractivity contribution in [2.75, 3.05) is 6.61 Å². The maximum absolute atomic E-state index is 11.5. The minimum atomic E-state index is -0.805. The molecule has 1 aromatic carbocycles. The second-order valence-corrected chi connectivity index (χ2v) is 3.97. The number of esters is 1.